The summed E-state index contributed by atoms with van der Waals surface area (Å²) in [6, 6.07) is 17.3. The van der Waals surface area contributed by atoms with Crippen LogP contribution in [0.5, 0.6) is 0 Å². The van der Waals surface area contributed by atoms with Crippen molar-refractivity contribution in [3.05, 3.63) is 71.9 Å². The Morgan fingerprint density at radius 2 is 1.75 bits per heavy atom. The van der Waals surface area contributed by atoms with Gasteiger partial charge in [-0.15, -0.1) is 0 Å². The number of Topliss-reactive ketones (excluding diaryl/α,β-unsaturated/α-hetero) is 1. The van der Waals surface area contributed by atoms with Crippen molar-refractivity contribution in [2.75, 3.05) is 7.05 Å². The summed E-state index contributed by atoms with van der Waals surface area (Å²) in [5.41, 5.74) is 2.69. The van der Waals surface area contributed by atoms with Crippen LogP contribution >= 0.6 is 0 Å². The van der Waals surface area contributed by atoms with Gasteiger partial charge in [-0.1, -0.05) is 48.5 Å². The maximum absolute atomic E-state index is 12.8. The fourth-order valence-corrected chi connectivity index (χ4v) is 2.53. The monoisotopic (exact) mass is 264 g/mol. The van der Waals surface area contributed by atoms with Gasteiger partial charge in [0.15, 0.2) is 5.78 Å². The average Bonchev–Trinajstić information content (AvgIpc) is 2.93. The summed E-state index contributed by atoms with van der Waals surface area (Å²) in [5.74, 6) is 0.0798. The third-order valence-corrected chi connectivity index (χ3v) is 3.54. The Balaban J connectivity index is 2.03. The summed E-state index contributed by atoms with van der Waals surface area (Å²) < 4.78 is 0. The van der Waals surface area contributed by atoms with Gasteiger partial charge in [-0.05, 0) is 18.7 Å². The van der Waals surface area contributed by atoms with Gasteiger partial charge >= 0.3 is 0 Å². The lowest BCUT2D eigenvalue weighted by Crippen LogP contribution is -2.25. The molecule has 0 aliphatic rings. The highest BCUT2D eigenvalue weighted by atomic mass is 16.1. The van der Waals surface area contributed by atoms with Crippen molar-refractivity contribution in [3.63, 3.8) is 0 Å². The number of rotatable bonds is 4. The Bertz CT molecular complexity index is 731. The smallest absolute Gasteiger partial charge is 0.186 e. The second-order valence-electron chi connectivity index (χ2n) is 4.74. The fourth-order valence-electron chi connectivity index (χ4n) is 2.53. The van der Waals surface area contributed by atoms with Gasteiger partial charge in [0.05, 0.1) is 6.04 Å². The van der Waals surface area contributed by atoms with Crippen molar-refractivity contribution in [1.29, 1.82) is 0 Å². The van der Waals surface area contributed by atoms with E-state index in [1.54, 1.807) is 6.20 Å². The van der Waals surface area contributed by atoms with Gasteiger partial charge in [0.25, 0.3) is 0 Å². The van der Waals surface area contributed by atoms with E-state index < -0.39 is 0 Å². The maximum Gasteiger partial charge on any atom is 0.186 e. The Hall–Kier alpha value is -2.39. The number of fused-ring (bicyclic) bond motifs is 1. The summed E-state index contributed by atoms with van der Waals surface area (Å²) in [5, 5.41) is 4.07. The van der Waals surface area contributed by atoms with Crippen LogP contribution in [0, 0.1) is 0 Å². The third-order valence-electron chi connectivity index (χ3n) is 3.54. The summed E-state index contributed by atoms with van der Waals surface area (Å²) in [6.45, 7) is 0. The van der Waals surface area contributed by atoms with Crippen LogP contribution < -0.4 is 5.32 Å². The van der Waals surface area contributed by atoms with E-state index in [9.17, 15) is 4.79 Å². The normalized spacial score (nSPS) is 12.4. The maximum atomic E-state index is 12.8. The lowest BCUT2D eigenvalue weighted by molar-refractivity contribution is 0.0949. The fraction of sp³-hybridized carbons (Fsp3) is 0.118. The van der Waals surface area contributed by atoms with Crippen LogP contribution in [0.2, 0.25) is 0 Å². The van der Waals surface area contributed by atoms with Gasteiger partial charge in [0, 0.05) is 22.7 Å². The number of nitrogens with one attached hydrogen (secondary N) is 2. The minimum Gasteiger partial charge on any atom is -0.360 e. The van der Waals surface area contributed by atoms with Gasteiger partial charge in [0.2, 0.25) is 0 Å². The molecule has 3 rings (SSSR count). The molecule has 100 valence electrons. The molecule has 0 radical (unpaired) electrons. The minimum absolute atomic E-state index is 0.0798. The summed E-state index contributed by atoms with van der Waals surface area (Å²) in [4.78, 5) is 15.9. The van der Waals surface area contributed by atoms with Crippen LogP contribution in [0.3, 0.4) is 0 Å². The Labute approximate surface area is 117 Å². The molecule has 3 nitrogen and oxygen atoms in total. The number of benzene rings is 2. The first kappa shape index (κ1) is 12.6. The highest BCUT2D eigenvalue weighted by Crippen LogP contribution is 2.24. The zero-order valence-corrected chi connectivity index (χ0v) is 11.3. The summed E-state index contributed by atoms with van der Waals surface area (Å²) in [7, 11) is 1.81. The lowest BCUT2D eigenvalue weighted by atomic mass is 9.97. The molecule has 20 heavy (non-hydrogen) atoms. The number of hydrogen-bond acceptors (Lipinski definition) is 2. The number of para-hydroxylation sites is 1. The van der Waals surface area contributed by atoms with Crippen LogP contribution in [0.4, 0.5) is 0 Å². The molecule has 0 fully saturated rings. The van der Waals surface area contributed by atoms with E-state index in [0.717, 1.165) is 22.0 Å². The van der Waals surface area contributed by atoms with Gasteiger partial charge in [0.1, 0.15) is 0 Å². The molecule has 3 aromatic rings. The van der Waals surface area contributed by atoms with Crippen molar-refractivity contribution in [2.24, 2.45) is 0 Å². The lowest BCUT2D eigenvalue weighted by Gasteiger charge is -2.14. The molecule has 1 atom stereocenters. The molecule has 0 aliphatic carbocycles. The molecule has 3 heteroatoms. The Kier molecular flexibility index (Phi) is 3.35. The standard InChI is InChI=1S/C17H16N2O/c1-18-16(12-7-3-2-4-8-12)17(20)14-11-19-15-10-6-5-9-13(14)15/h2-11,16,18-19H,1H3/t16-/m0/s1. The van der Waals surface area contributed by atoms with Crippen molar-refractivity contribution in [1.82, 2.24) is 10.3 Å². The van der Waals surface area contributed by atoms with Crippen LogP contribution in [0.15, 0.2) is 60.8 Å². The van der Waals surface area contributed by atoms with E-state index in [-0.39, 0.29) is 11.8 Å². The molecule has 1 heterocycles. The summed E-state index contributed by atoms with van der Waals surface area (Å²) >= 11 is 0. The van der Waals surface area contributed by atoms with E-state index in [2.05, 4.69) is 10.3 Å². The number of carbonyl (C=O) groups is 1. The van der Waals surface area contributed by atoms with E-state index in [1.165, 1.54) is 0 Å². The highest BCUT2D eigenvalue weighted by Gasteiger charge is 2.22. The predicted octanol–water partition coefficient (Wildman–Crippen LogP) is 3.31. The Morgan fingerprint density at radius 1 is 1.05 bits per heavy atom. The van der Waals surface area contributed by atoms with Gasteiger partial charge in [-0.25, -0.2) is 0 Å². The van der Waals surface area contributed by atoms with E-state index in [4.69, 9.17) is 0 Å². The third kappa shape index (κ3) is 2.12. The molecule has 1 aromatic heterocycles. The van der Waals surface area contributed by atoms with Gasteiger partial charge in [-0.2, -0.15) is 0 Å². The zero-order valence-electron chi connectivity index (χ0n) is 11.3. The second-order valence-corrected chi connectivity index (χ2v) is 4.74. The Morgan fingerprint density at radius 3 is 2.50 bits per heavy atom. The zero-order chi connectivity index (χ0) is 13.9. The highest BCUT2D eigenvalue weighted by molar-refractivity contribution is 6.10. The van der Waals surface area contributed by atoms with E-state index in [0.29, 0.717) is 0 Å². The number of aromatic amines is 1. The molecule has 2 aromatic carbocycles. The first-order chi connectivity index (χ1) is 9.81. The van der Waals surface area contributed by atoms with Gasteiger partial charge in [-0.3, -0.25) is 4.79 Å². The first-order valence-electron chi connectivity index (χ1n) is 6.64. The number of ketones is 1. The SMILES string of the molecule is CN[C@H](C(=O)c1c[nH]c2ccccc12)c1ccccc1. The number of H-pyrrole nitrogens is 1. The molecule has 0 spiro atoms. The van der Waals surface area contributed by atoms with Crippen LogP contribution in [-0.2, 0) is 0 Å². The molecule has 0 bridgehead atoms. The van der Waals surface area contributed by atoms with Crippen molar-refractivity contribution < 1.29 is 4.79 Å². The molecule has 0 unspecified atom stereocenters. The average molecular weight is 264 g/mol. The van der Waals surface area contributed by atoms with E-state index >= 15 is 0 Å². The number of likely N-dealkylation sites (N-methyl/N-ethyl adjacent to an activating group) is 1. The molecule has 0 aliphatic heterocycles. The topological polar surface area (TPSA) is 44.9 Å². The minimum atomic E-state index is -0.324. The van der Waals surface area contributed by atoms with Crippen molar-refractivity contribution in [2.45, 2.75) is 6.04 Å². The second kappa shape index (κ2) is 5.31. The van der Waals surface area contributed by atoms with E-state index in [1.807, 2.05) is 61.6 Å². The molecule has 2 N–H and O–H groups in total. The molecular weight excluding hydrogens is 248 g/mol. The molecule has 0 saturated heterocycles. The van der Waals surface area contributed by atoms with Crippen molar-refractivity contribution in [3.8, 4) is 0 Å². The number of hydrogen-bond donors (Lipinski definition) is 2. The predicted molar refractivity (Wildman–Crippen MR) is 80.9 cm³/mol. The van der Waals surface area contributed by atoms with Crippen molar-refractivity contribution >= 4 is 16.7 Å². The number of carbonyl (C=O) groups excluding carboxylic acids is 1. The molecule has 0 amide bonds. The van der Waals surface area contributed by atoms with Gasteiger partial charge < -0.3 is 10.3 Å². The van der Waals surface area contributed by atoms with Crippen LogP contribution in [0.1, 0.15) is 22.0 Å². The largest absolute Gasteiger partial charge is 0.360 e. The number of aromatic nitrogens is 1. The van der Waals surface area contributed by atoms with Crippen LogP contribution in [0.25, 0.3) is 10.9 Å². The molecular formula is C17H16N2O. The van der Waals surface area contributed by atoms with Crippen LogP contribution in [-0.4, -0.2) is 17.8 Å². The molecule has 0 saturated carbocycles. The quantitative estimate of drug-likeness (QED) is 0.710. The summed E-state index contributed by atoms with van der Waals surface area (Å²) in [6.07, 6.45) is 1.79. The first-order valence-corrected chi connectivity index (χ1v) is 6.64.